The van der Waals surface area contributed by atoms with E-state index in [2.05, 4.69) is 5.32 Å². The van der Waals surface area contributed by atoms with Crippen LogP contribution in [0.25, 0.3) is 16.9 Å². The number of fused-ring (bicyclic) bond motifs is 1. The van der Waals surface area contributed by atoms with E-state index in [4.69, 9.17) is 28.3 Å². The zero-order valence-corrected chi connectivity index (χ0v) is 15.8. The van der Waals surface area contributed by atoms with Crippen molar-refractivity contribution in [3.63, 3.8) is 0 Å². The van der Waals surface area contributed by atoms with Crippen LogP contribution in [0.5, 0.6) is 0 Å². The number of halogens is 2. The molecular weight excluding hydrogens is 387 g/mol. The Morgan fingerprint density at radius 3 is 2.74 bits per heavy atom. The molecule has 1 aliphatic heterocycles. The largest absolute Gasteiger partial charge is 0.370 e. The molecule has 138 valence electrons. The molecule has 0 radical (unpaired) electrons. The highest BCUT2D eigenvalue weighted by Crippen LogP contribution is 2.39. The summed E-state index contributed by atoms with van der Waals surface area (Å²) in [6, 6.07) is 11.9. The van der Waals surface area contributed by atoms with Gasteiger partial charge in [0, 0.05) is 28.8 Å². The zero-order valence-electron chi connectivity index (χ0n) is 14.3. The molecule has 1 aliphatic rings. The monoisotopic (exact) mass is 402 g/mol. The van der Waals surface area contributed by atoms with Crippen LogP contribution in [0.3, 0.4) is 0 Å². The van der Waals surface area contributed by atoms with E-state index in [-0.39, 0.29) is 5.69 Å². The fraction of sp³-hybridized carbons (Fsp3) is 0.211. The van der Waals surface area contributed by atoms with Crippen LogP contribution < -0.4 is 5.32 Å². The summed E-state index contributed by atoms with van der Waals surface area (Å²) in [5.41, 5.74) is 2.92. The van der Waals surface area contributed by atoms with Crippen LogP contribution in [0, 0.1) is 10.1 Å². The maximum absolute atomic E-state index is 11.5. The molecule has 2 heterocycles. The maximum atomic E-state index is 11.5. The standard InChI is InChI=1S/C19H16Cl2N4O2/c20-12-8-9-13(15(21)11-12)18-14-5-3-4-10-22-19(14)24(23-18)16-6-1-2-7-17(16)25(26)27/h1-2,6-9,11,22H,3-5,10H2. The molecule has 0 saturated carbocycles. The molecule has 1 N–H and O–H groups in total. The predicted octanol–water partition coefficient (Wildman–Crippen LogP) is 5.50. The first-order valence-electron chi connectivity index (χ1n) is 8.61. The third-order valence-electron chi connectivity index (χ3n) is 4.62. The number of para-hydroxylation sites is 2. The Labute approximate surface area is 165 Å². The fourth-order valence-corrected chi connectivity index (χ4v) is 3.87. The van der Waals surface area contributed by atoms with E-state index in [1.165, 1.54) is 6.07 Å². The minimum Gasteiger partial charge on any atom is -0.370 e. The van der Waals surface area contributed by atoms with Gasteiger partial charge in [-0.05, 0) is 43.5 Å². The number of rotatable bonds is 3. The first-order valence-corrected chi connectivity index (χ1v) is 9.37. The minimum absolute atomic E-state index is 0.00241. The van der Waals surface area contributed by atoms with Gasteiger partial charge >= 0.3 is 0 Å². The van der Waals surface area contributed by atoms with Gasteiger partial charge in [-0.1, -0.05) is 35.3 Å². The van der Waals surface area contributed by atoms with E-state index >= 15 is 0 Å². The first-order chi connectivity index (χ1) is 13.1. The van der Waals surface area contributed by atoms with Gasteiger partial charge in [-0.2, -0.15) is 5.10 Å². The lowest BCUT2D eigenvalue weighted by atomic mass is 10.0. The molecule has 6 nitrogen and oxygen atoms in total. The molecule has 0 atom stereocenters. The molecule has 2 aromatic carbocycles. The van der Waals surface area contributed by atoms with Crippen LogP contribution in [0.2, 0.25) is 10.0 Å². The lowest BCUT2D eigenvalue weighted by Gasteiger charge is -2.09. The van der Waals surface area contributed by atoms with E-state index in [1.807, 2.05) is 6.07 Å². The number of benzene rings is 2. The van der Waals surface area contributed by atoms with Crippen LogP contribution in [0.15, 0.2) is 42.5 Å². The predicted molar refractivity (Wildman–Crippen MR) is 107 cm³/mol. The van der Waals surface area contributed by atoms with E-state index in [0.717, 1.165) is 48.4 Å². The highest BCUT2D eigenvalue weighted by molar-refractivity contribution is 6.36. The summed E-state index contributed by atoms with van der Waals surface area (Å²) in [5, 5.41) is 20.7. The summed E-state index contributed by atoms with van der Waals surface area (Å²) in [6.45, 7) is 0.785. The number of nitrogens with one attached hydrogen (secondary N) is 1. The lowest BCUT2D eigenvalue weighted by Crippen LogP contribution is -2.08. The van der Waals surface area contributed by atoms with Crippen LogP contribution in [0.4, 0.5) is 11.5 Å². The molecule has 0 spiro atoms. The Kier molecular flexibility index (Phi) is 4.76. The van der Waals surface area contributed by atoms with E-state index in [9.17, 15) is 10.1 Å². The number of nitro benzene ring substituents is 1. The van der Waals surface area contributed by atoms with Crippen LogP contribution in [-0.2, 0) is 6.42 Å². The van der Waals surface area contributed by atoms with E-state index in [0.29, 0.717) is 15.7 Å². The highest BCUT2D eigenvalue weighted by Gasteiger charge is 2.26. The molecule has 0 amide bonds. The van der Waals surface area contributed by atoms with Crippen LogP contribution >= 0.6 is 23.2 Å². The molecular formula is C19H16Cl2N4O2. The Morgan fingerprint density at radius 2 is 1.96 bits per heavy atom. The number of hydrogen-bond acceptors (Lipinski definition) is 4. The van der Waals surface area contributed by atoms with E-state index in [1.54, 1.807) is 35.0 Å². The van der Waals surface area contributed by atoms with Gasteiger partial charge in [0.15, 0.2) is 0 Å². The van der Waals surface area contributed by atoms with Crippen molar-refractivity contribution in [1.29, 1.82) is 0 Å². The van der Waals surface area contributed by atoms with Crippen molar-refractivity contribution in [2.75, 3.05) is 11.9 Å². The van der Waals surface area contributed by atoms with Gasteiger partial charge in [-0.3, -0.25) is 10.1 Å². The number of nitro groups is 1. The molecule has 8 heteroatoms. The quantitative estimate of drug-likeness (QED) is 0.463. The second-order valence-electron chi connectivity index (χ2n) is 6.34. The van der Waals surface area contributed by atoms with Crippen molar-refractivity contribution in [2.45, 2.75) is 19.3 Å². The van der Waals surface area contributed by atoms with Crippen molar-refractivity contribution in [1.82, 2.24) is 9.78 Å². The van der Waals surface area contributed by atoms with Gasteiger partial charge in [0.25, 0.3) is 5.69 Å². The first kappa shape index (κ1) is 17.8. The van der Waals surface area contributed by atoms with Crippen LogP contribution in [0.1, 0.15) is 18.4 Å². The third-order valence-corrected chi connectivity index (χ3v) is 5.17. The SMILES string of the molecule is O=[N+]([O-])c1ccccc1-n1nc(-c2ccc(Cl)cc2Cl)c2c1NCCCC2. The van der Waals surface area contributed by atoms with Crippen molar-refractivity contribution >= 4 is 34.7 Å². The maximum Gasteiger partial charge on any atom is 0.294 e. The smallest absolute Gasteiger partial charge is 0.294 e. The molecule has 0 unspecified atom stereocenters. The molecule has 0 fully saturated rings. The van der Waals surface area contributed by atoms with Gasteiger partial charge in [0.2, 0.25) is 0 Å². The topological polar surface area (TPSA) is 73.0 Å². The Hall–Kier alpha value is -2.57. The molecule has 4 rings (SSSR count). The van der Waals surface area contributed by atoms with Crippen molar-refractivity contribution in [3.8, 4) is 16.9 Å². The lowest BCUT2D eigenvalue weighted by molar-refractivity contribution is -0.384. The summed E-state index contributed by atoms with van der Waals surface area (Å²) in [7, 11) is 0. The van der Waals surface area contributed by atoms with Crippen molar-refractivity contribution in [3.05, 3.63) is 68.2 Å². The van der Waals surface area contributed by atoms with Gasteiger partial charge in [-0.15, -0.1) is 0 Å². The number of hydrogen-bond donors (Lipinski definition) is 1. The second-order valence-corrected chi connectivity index (χ2v) is 7.19. The molecule has 0 aliphatic carbocycles. The Morgan fingerprint density at radius 1 is 1.15 bits per heavy atom. The Bertz CT molecular complexity index is 1030. The fourth-order valence-electron chi connectivity index (χ4n) is 3.37. The third kappa shape index (κ3) is 3.26. The van der Waals surface area contributed by atoms with Gasteiger partial charge in [0.05, 0.1) is 15.6 Å². The highest BCUT2D eigenvalue weighted by atomic mass is 35.5. The molecule has 27 heavy (non-hydrogen) atoms. The Balaban J connectivity index is 1.97. The van der Waals surface area contributed by atoms with Crippen molar-refractivity contribution in [2.24, 2.45) is 0 Å². The summed E-state index contributed by atoms with van der Waals surface area (Å²) in [4.78, 5) is 11.1. The van der Waals surface area contributed by atoms with Crippen molar-refractivity contribution < 1.29 is 4.92 Å². The molecule has 0 saturated heterocycles. The average molecular weight is 403 g/mol. The van der Waals surface area contributed by atoms with Gasteiger partial charge in [-0.25, -0.2) is 4.68 Å². The summed E-state index contributed by atoms with van der Waals surface area (Å²) < 4.78 is 1.62. The summed E-state index contributed by atoms with van der Waals surface area (Å²) in [6.07, 6.45) is 2.83. The van der Waals surface area contributed by atoms with Gasteiger partial charge in [0.1, 0.15) is 11.5 Å². The average Bonchev–Trinajstić information content (AvgIpc) is 2.83. The number of aromatic nitrogens is 2. The molecule has 1 aromatic heterocycles. The summed E-state index contributed by atoms with van der Waals surface area (Å²) in [5.74, 6) is 0.780. The second kappa shape index (κ2) is 7.21. The molecule has 3 aromatic rings. The van der Waals surface area contributed by atoms with Gasteiger partial charge < -0.3 is 5.32 Å². The number of anilines is 1. The number of nitrogens with zero attached hydrogens (tertiary/aromatic N) is 3. The zero-order chi connectivity index (χ0) is 19.0. The minimum atomic E-state index is -0.394. The normalized spacial score (nSPS) is 13.6. The summed E-state index contributed by atoms with van der Waals surface area (Å²) >= 11 is 12.5. The van der Waals surface area contributed by atoms with E-state index < -0.39 is 4.92 Å². The van der Waals surface area contributed by atoms with Crippen LogP contribution in [-0.4, -0.2) is 21.2 Å². The molecule has 0 bridgehead atoms.